The van der Waals surface area contributed by atoms with Crippen LogP contribution in [0.15, 0.2) is 77.2 Å². The highest BCUT2D eigenvalue weighted by atomic mass is 16.5. The number of ether oxygens (including phenoxy) is 1. The van der Waals surface area contributed by atoms with Gasteiger partial charge in [0.15, 0.2) is 5.76 Å². The Morgan fingerprint density at radius 1 is 0.931 bits per heavy atom. The second-order valence-corrected chi connectivity index (χ2v) is 6.68. The molecule has 29 heavy (non-hydrogen) atoms. The second kappa shape index (κ2) is 8.08. The number of esters is 1. The van der Waals surface area contributed by atoms with Crippen molar-refractivity contribution in [1.82, 2.24) is 0 Å². The van der Waals surface area contributed by atoms with Crippen molar-refractivity contribution in [1.29, 1.82) is 0 Å². The monoisotopic (exact) mass is 380 g/mol. The number of hydrogen-bond donors (Lipinski definition) is 0. The normalized spacial score (nSPS) is 10.4. The summed E-state index contributed by atoms with van der Waals surface area (Å²) in [5, 5.41) is 0.738. The molecule has 0 spiro atoms. The van der Waals surface area contributed by atoms with Crippen molar-refractivity contribution < 1.29 is 13.9 Å². The summed E-state index contributed by atoms with van der Waals surface area (Å²) in [6.07, 6.45) is 0. The molecule has 0 saturated heterocycles. The Morgan fingerprint density at radius 3 is 2.45 bits per heavy atom. The lowest BCUT2D eigenvalue weighted by atomic mass is 10.0. The number of aryl methyl sites for hydroxylation is 1. The van der Waals surface area contributed by atoms with E-state index in [2.05, 4.69) is 11.8 Å². The summed E-state index contributed by atoms with van der Waals surface area (Å²) in [4.78, 5) is 12.7. The molecule has 142 valence electrons. The summed E-state index contributed by atoms with van der Waals surface area (Å²) in [6, 6.07) is 23.2. The van der Waals surface area contributed by atoms with Gasteiger partial charge in [-0.05, 0) is 44.2 Å². The molecule has 0 saturated carbocycles. The van der Waals surface area contributed by atoms with E-state index in [9.17, 15) is 4.79 Å². The summed E-state index contributed by atoms with van der Waals surface area (Å²) in [5.41, 5.74) is 4.76. The van der Waals surface area contributed by atoms with Crippen LogP contribution in [0.3, 0.4) is 0 Å². The van der Waals surface area contributed by atoms with Gasteiger partial charge in [-0.15, -0.1) is 0 Å². The van der Waals surface area contributed by atoms with Crippen LogP contribution in [0.2, 0.25) is 0 Å². The fourth-order valence-corrected chi connectivity index (χ4v) is 3.21. The van der Waals surface area contributed by atoms with E-state index in [0.29, 0.717) is 23.5 Å². The van der Waals surface area contributed by atoms with Crippen LogP contribution < -0.4 is 0 Å². The second-order valence-electron chi connectivity index (χ2n) is 6.68. The van der Waals surface area contributed by atoms with Crippen LogP contribution in [0.5, 0.6) is 0 Å². The van der Waals surface area contributed by atoms with Gasteiger partial charge in [0.05, 0.1) is 6.61 Å². The quantitative estimate of drug-likeness (QED) is 0.324. The summed E-state index contributed by atoms with van der Waals surface area (Å²) >= 11 is 0. The number of hydrogen-bond acceptors (Lipinski definition) is 3. The third-order valence-corrected chi connectivity index (χ3v) is 4.64. The molecule has 0 amide bonds. The Labute approximate surface area is 169 Å². The molecule has 0 aliphatic carbocycles. The van der Waals surface area contributed by atoms with E-state index >= 15 is 0 Å². The van der Waals surface area contributed by atoms with Crippen molar-refractivity contribution in [2.45, 2.75) is 13.8 Å². The largest absolute Gasteiger partial charge is 0.462 e. The van der Waals surface area contributed by atoms with Gasteiger partial charge in [0.2, 0.25) is 0 Å². The van der Waals surface area contributed by atoms with E-state index in [1.54, 1.807) is 6.92 Å². The molecular weight excluding hydrogens is 360 g/mol. The fraction of sp³-hybridized carbons (Fsp3) is 0.115. The fourth-order valence-electron chi connectivity index (χ4n) is 3.21. The molecule has 4 aromatic rings. The molecule has 0 aliphatic rings. The maximum atomic E-state index is 12.7. The first-order valence-electron chi connectivity index (χ1n) is 9.54. The van der Waals surface area contributed by atoms with Gasteiger partial charge in [0.1, 0.15) is 11.1 Å². The number of para-hydroxylation sites is 1. The molecule has 1 heterocycles. The number of fused-ring (bicyclic) bond motifs is 1. The molecule has 0 unspecified atom stereocenters. The highest BCUT2D eigenvalue weighted by Gasteiger charge is 2.24. The lowest BCUT2D eigenvalue weighted by Crippen LogP contribution is -2.05. The third kappa shape index (κ3) is 3.79. The number of furan rings is 1. The Bertz CT molecular complexity index is 1230. The number of benzene rings is 3. The molecule has 0 radical (unpaired) electrons. The highest BCUT2D eigenvalue weighted by Crippen LogP contribution is 2.35. The first-order chi connectivity index (χ1) is 14.2. The molecule has 3 nitrogen and oxygen atoms in total. The average molecular weight is 380 g/mol. The molecule has 4 rings (SSSR count). The van der Waals surface area contributed by atoms with Crippen molar-refractivity contribution in [2.75, 3.05) is 6.61 Å². The lowest BCUT2D eigenvalue weighted by Gasteiger charge is -2.05. The van der Waals surface area contributed by atoms with E-state index in [4.69, 9.17) is 9.15 Å². The van der Waals surface area contributed by atoms with Crippen LogP contribution in [0.25, 0.3) is 22.3 Å². The highest BCUT2D eigenvalue weighted by molar-refractivity contribution is 6.09. The Kier molecular flexibility index (Phi) is 5.18. The standard InChI is InChI=1S/C26H20O3/c1-3-28-26(27)24-22-10-6-7-11-23(22)29-25(24)21-9-5-4-8-20(21)17-16-19-14-12-18(2)13-15-19/h4-15H,3H2,1-2H3. The van der Waals surface area contributed by atoms with Crippen molar-refractivity contribution in [2.24, 2.45) is 0 Å². The van der Waals surface area contributed by atoms with Crippen molar-refractivity contribution in [3.8, 4) is 23.2 Å². The summed E-state index contributed by atoms with van der Waals surface area (Å²) in [6.45, 7) is 4.14. The minimum atomic E-state index is -0.395. The van der Waals surface area contributed by atoms with Gasteiger partial charge >= 0.3 is 5.97 Å². The van der Waals surface area contributed by atoms with Gasteiger partial charge in [-0.2, -0.15) is 0 Å². The lowest BCUT2D eigenvalue weighted by molar-refractivity contribution is 0.0529. The minimum Gasteiger partial charge on any atom is -0.462 e. The van der Waals surface area contributed by atoms with Gasteiger partial charge in [-0.1, -0.05) is 59.9 Å². The number of rotatable bonds is 3. The topological polar surface area (TPSA) is 39.4 Å². The summed E-state index contributed by atoms with van der Waals surface area (Å²) in [5.74, 6) is 6.52. The van der Waals surface area contributed by atoms with Crippen LogP contribution >= 0.6 is 0 Å². The van der Waals surface area contributed by atoms with Crippen molar-refractivity contribution in [3.05, 3.63) is 95.1 Å². The van der Waals surface area contributed by atoms with E-state index in [1.807, 2.05) is 79.7 Å². The van der Waals surface area contributed by atoms with Gasteiger partial charge in [0.25, 0.3) is 0 Å². The third-order valence-electron chi connectivity index (χ3n) is 4.64. The Balaban J connectivity index is 1.86. The molecule has 0 aliphatic heterocycles. The maximum absolute atomic E-state index is 12.7. The van der Waals surface area contributed by atoms with E-state index in [1.165, 1.54) is 5.56 Å². The number of carbonyl (C=O) groups excluding carboxylic acids is 1. The van der Waals surface area contributed by atoms with E-state index < -0.39 is 5.97 Å². The van der Waals surface area contributed by atoms with Crippen molar-refractivity contribution >= 4 is 16.9 Å². The van der Waals surface area contributed by atoms with Crippen LogP contribution in [-0.4, -0.2) is 12.6 Å². The van der Waals surface area contributed by atoms with Crippen LogP contribution in [0.1, 0.15) is 34.0 Å². The van der Waals surface area contributed by atoms with E-state index in [-0.39, 0.29) is 0 Å². The van der Waals surface area contributed by atoms with E-state index in [0.717, 1.165) is 22.1 Å². The molecular formula is C26H20O3. The average Bonchev–Trinajstić information content (AvgIpc) is 3.13. The molecule has 0 fully saturated rings. The zero-order valence-corrected chi connectivity index (χ0v) is 16.4. The van der Waals surface area contributed by atoms with Crippen molar-refractivity contribution in [3.63, 3.8) is 0 Å². The predicted octanol–water partition coefficient (Wildman–Crippen LogP) is 5.98. The summed E-state index contributed by atoms with van der Waals surface area (Å²) in [7, 11) is 0. The molecule has 0 N–H and O–H groups in total. The smallest absolute Gasteiger partial charge is 0.342 e. The first-order valence-corrected chi connectivity index (χ1v) is 9.54. The zero-order chi connectivity index (χ0) is 20.2. The van der Waals surface area contributed by atoms with Crippen LogP contribution in [0.4, 0.5) is 0 Å². The SMILES string of the molecule is CCOC(=O)c1c(-c2ccccc2C#Cc2ccc(C)cc2)oc2ccccc12. The molecule has 3 heteroatoms. The molecule has 1 aromatic heterocycles. The Morgan fingerprint density at radius 2 is 1.66 bits per heavy atom. The maximum Gasteiger partial charge on any atom is 0.342 e. The first kappa shape index (κ1) is 18.6. The van der Waals surface area contributed by atoms with Gasteiger partial charge < -0.3 is 9.15 Å². The van der Waals surface area contributed by atoms with Gasteiger partial charge in [-0.25, -0.2) is 4.79 Å². The van der Waals surface area contributed by atoms with Gasteiger partial charge in [0, 0.05) is 22.1 Å². The molecule has 0 bridgehead atoms. The molecule has 0 atom stereocenters. The minimum absolute atomic E-state index is 0.298. The summed E-state index contributed by atoms with van der Waals surface area (Å²) < 4.78 is 11.4. The van der Waals surface area contributed by atoms with Crippen LogP contribution in [-0.2, 0) is 4.74 Å². The van der Waals surface area contributed by atoms with Gasteiger partial charge in [-0.3, -0.25) is 0 Å². The zero-order valence-electron chi connectivity index (χ0n) is 16.4. The number of carbonyl (C=O) groups is 1. The van der Waals surface area contributed by atoms with Crippen LogP contribution in [0, 0.1) is 18.8 Å². The predicted molar refractivity (Wildman–Crippen MR) is 115 cm³/mol. The Hall–Kier alpha value is -3.77. The molecule has 3 aromatic carbocycles.